The number of ketones is 2. The third-order valence-corrected chi connectivity index (χ3v) is 10.8. The minimum absolute atomic E-state index is 0.0631. The van der Waals surface area contributed by atoms with Gasteiger partial charge in [0.2, 0.25) is 0 Å². The quantitative estimate of drug-likeness (QED) is 0.471. The van der Waals surface area contributed by atoms with Crippen LogP contribution in [-0.4, -0.2) is 24.1 Å². The molecule has 4 heteroatoms. The second-order valence-corrected chi connectivity index (χ2v) is 12.1. The molecule has 0 aromatic carbocycles. The van der Waals surface area contributed by atoms with Crippen LogP contribution in [0.4, 0.5) is 0 Å². The molecule has 32 heavy (non-hydrogen) atoms. The molecular weight excluding hydrogens is 400 g/mol. The first kappa shape index (κ1) is 24.0. The number of carbonyl (C=O) groups excluding carboxylic acids is 3. The number of fused-ring (bicyclic) bond motifs is 5. The lowest BCUT2D eigenvalue weighted by Crippen LogP contribution is -2.60. The van der Waals surface area contributed by atoms with Crippen molar-refractivity contribution >= 4 is 17.5 Å². The molecule has 9 atom stereocenters. The van der Waals surface area contributed by atoms with Gasteiger partial charge in [0.05, 0.1) is 6.61 Å². The molecule has 4 fully saturated rings. The zero-order valence-electron chi connectivity index (χ0n) is 21.0. The fraction of sp³-hybridized carbons (Fsp3) is 0.893. The zero-order chi connectivity index (χ0) is 23.3. The van der Waals surface area contributed by atoms with E-state index in [9.17, 15) is 14.4 Å². The monoisotopic (exact) mass is 444 g/mol. The molecule has 0 amide bonds. The summed E-state index contributed by atoms with van der Waals surface area (Å²) >= 11 is 0. The summed E-state index contributed by atoms with van der Waals surface area (Å²) in [5, 5.41) is 0. The summed E-state index contributed by atoms with van der Waals surface area (Å²) in [4.78, 5) is 38.2. The lowest BCUT2D eigenvalue weighted by molar-refractivity contribution is -0.169. The van der Waals surface area contributed by atoms with Crippen LogP contribution in [0.2, 0.25) is 0 Å². The maximum atomic E-state index is 14.0. The molecule has 4 aliphatic rings. The molecule has 0 N–H and O–H groups in total. The van der Waals surface area contributed by atoms with Crippen LogP contribution in [-0.2, 0) is 19.1 Å². The van der Waals surface area contributed by atoms with E-state index in [1.807, 2.05) is 6.92 Å². The van der Waals surface area contributed by atoms with Crippen molar-refractivity contribution in [3.63, 3.8) is 0 Å². The fourth-order valence-electron chi connectivity index (χ4n) is 9.20. The van der Waals surface area contributed by atoms with Crippen LogP contribution in [0.15, 0.2) is 0 Å². The van der Waals surface area contributed by atoms with Crippen LogP contribution in [0.5, 0.6) is 0 Å². The second kappa shape index (κ2) is 8.87. The lowest BCUT2D eigenvalue weighted by atomic mass is 9.42. The number of esters is 1. The van der Waals surface area contributed by atoms with Crippen molar-refractivity contribution in [1.29, 1.82) is 0 Å². The first-order valence-electron chi connectivity index (χ1n) is 13.4. The number of ether oxygens (including phenoxy) is 1. The summed E-state index contributed by atoms with van der Waals surface area (Å²) in [5.74, 6) is 3.24. The van der Waals surface area contributed by atoms with Crippen LogP contribution in [0.1, 0.15) is 98.8 Å². The number of hydrogen-bond donors (Lipinski definition) is 0. The highest BCUT2D eigenvalue weighted by molar-refractivity contribution is 5.88. The number of rotatable bonds is 6. The highest BCUT2D eigenvalue weighted by Gasteiger charge is 2.65. The first-order chi connectivity index (χ1) is 15.2. The normalized spacial score (nSPS) is 44.4. The topological polar surface area (TPSA) is 60.4 Å². The summed E-state index contributed by atoms with van der Waals surface area (Å²) in [6.07, 6.45) is 9.20. The van der Waals surface area contributed by atoms with Gasteiger partial charge in [-0.2, -0.15) is 0 Å². The van der Waals surface area contributed by atoms with Crippen LogP contribution in [0, 0.1) is 52.3 Å². The third kappa shape index (κ3) is 3.68. The minimum Gasteiger partial charge on any atom is -0.466 e. The summed E-state index contributed by atoms with van der Waals surface area (Å²) in [6.45, 7) is 11.7. The molecule has 180 valence electrons. The highest BCUT2D eigenvalue weighted by atomic mass is 16.5. The van der Waals surface area contributed by atoms with Gasteiger partial charge < -0.3 is 4.74 Å². The van der Waals surface area contributed by atoms with Crippen LogP contribution >= 0.6 is 0 Å². The van der Waals surface area contributed by atoms with E-state index in [1.165, 1.54) is 12.8 Å². The largest absolute Gasteiger partial charge is 0.466 e. The van der Waals surface area contributed by atoms with E-state index < -0.39 is 0 Å². The Morgan fingerprint density at radius 1 is 1.03 bits per heavy atom. The summed E-state index contributed by atoms with van der Waals surface area (Å²) in [7, 11) is 0. The molecule has 0 bridgehead atoms. The average Bonchev–Trinajstić information content (AvgIpc) is 3.11. The van der Waals surface area contributed by atoms with E-state index >= 15 is 0 Å². The van der Waals surface area contributed by atoms with E-state index in [-0.39, 0.29) is 34.6 Å². The highest BCUT2D eigenvalue weighted by Crippen LogP contribution is 2.68. The van der Waals surface area contributed by atoms with Gasteiger partial charge in [0.15, 0.2) is 0 Å². The number of hydrogen-bond acceptors (Lipinski definition) is 4. The molecular formula is C28H44O4. The predicted octanol–water partition coefficient (Wildman–Crippen LogP) is 6.01. The maximum absolute atomic E-state index is 14.0. The van der Waals surface area contributed by atoms with Gasteiger partial charge in [0.1, 0.15) is 11.6 Å². The summed E-state index contributed by atoms with van der Waals surface area (Å²) in [6, 6.07) is 0. The zero-order valence-corrected chi connectivity index (χ0v) is 21.0. The summed E-state index contributed by atoms with van der Waals surface area (Å²) < 4.78 is 5.16. The average molecular weight is 445 g/mol. The Balaban J connectivity index is 1.57. The SMILES string of the molecule is CCOC(=O)CC[C@@H](C)C1CCC2C3C(=O)[C@H](CC)[C@@H]4CC(=O)CC[C@]4(C)C3CC[C@@]21C. The van der Waals surface area contributed by atoms with Crippen LogP contribution in [0.3, 0.4) is 0 Å². The molecule has 4 nitrogen and oxygen atoms in total. The molecule has 0 heterocycles. The molecule has 0 aromatic rings. The fourth-order valence-corrected chi connectivity index (χ4v) is 9.20. The lowest BCUT2D eigenvalue weighted by Gasteiger charge is -2.61. The summed E-state index contributed by atoms with van der Waals surface area (Å²) in [5.41, 5.74) is 0.332. The number of Topliss-reactive ketones (excluding diaryl/α,β-unsaturated/α-hetero) is 2. The molecule has 4 aliphatic carbocycles. The molecule has 0 spiro atoms. The van der Waals surface area contributed by atoms with Gasteiger partial charge in [-0.25, -0.2) is 0 Å². The molecule has 0 radical (unpaired) electrons. The predicted molar refractivity (Wildman–Crippen MR) is 125 cm³/mol. The molecule has 4 rings (SSSR count). The molecule has 0 aromatic heterocycles. The van der Waals surface area contributed by atoms with Gasteiger partial charge in [-0.1, -0.05) is 27.7 Å². The Labute approximate surface area is 194 Å². The van der Waals surface area contributed by atoms with Gasteiger partial charge in [-0.05, 0) is 92.3 Å². The first-order valence-corrected chi connectivity index (χ1v) is 13.4. The van der Waals surface area contributed by atoms with E-state index in [0.29, 0.717) is 61.1 Å². The Morgan fingerprint density at radius 3 is 2.44 bits per heavy atom. The van der Waals surface area contributed by atoms with E-state index in [1.54, 1.807) is 0 Å². The van der Waals surface area contributed by atoms with Gasteiger partial charge >= 0.3 is 5.97 Å². The van der Waals surface area contributed by atoms with Crippen molar-refractivity contribution in [2.75, 3.05) is 6.61 Å². The van der Waals surface area contributed by atoms with Crippen molar-refractivity contribution in [3.05, 3.63) is 0 Å². The standard InChI is InChI=1S/C28H44O4/c1-6-19-23-16-18(29)12-14-28(23,5)22-13-15-27(4)20(9-10-21(27)25(22)26(19)31)17(3)8-11-24(30)32-7-2/h17,19-23,25H,6-16H2,1-5H3/t17-,19-,20?,21?,22?,23+,25?,27-,28-/m1/s1. The van der Waals surface area contributed by atoms with E-state index in [2.05, 4.69) is 27.7 Å². The molecule has 4 unspecified atom stereocenters. The number of carbonyl (C=O) groups is 3. The van der Waals surface area contributed by atoms with E-state index in [4.69, 9.17) is 4.74 Å². The van der Waals surface area contributed by atoms with Crippen molar-refractivity contribution < 1.29 is 19.1 Å². The molecule has 0 saturated heterocycles. The molecule has 0 aliphatic heterocycles. The minimum atomic E-state index is -0.0817. The van der Waals surface area contributed by atoms with Crippen LogP contribution in [0.25, 0.3) is 0 Å². The van der Waals surface area contributed by atoms with Gasteiger partial charge in [0, 0.05) is 31.1 Å². The van der Waals surface area contributed by atoms with Gasteiger partial charge in [0.25, 0.3) is 0 Å². The van der Waals surface area contributed by atoms with Crippen LogP contribution < -0.4 is 0 Å². The van der Waals surface area contributed by atoms with Gasteiger partial charge in [-0.3, -0.25) is 14.4 Å². The van der Waals surface area contributed by atoms with Crippen molar-refractivity contribution in [2.45, 2.75) is 98.8 Å². The Hall–Kier alpha value is -1.19. The third-order valence-electron chi connectivity index (χ3n) is 10.8. The van der Waals surface area contributed by atoms with E-state index in [0.717, 1.165) is 32.1 Å². The Morgan fingerprint density at radius 2 is 1.75 bits per heavy atom. The second-order valence-electron chi connectivity index (χ2n) is 12.1. The Kier molecular flexibility index (Phi) is 6.64. The van der Waals surface area contributed by atoms with Gasteiger partial charge in [-0.15, -0.1) is 0 Å². The maximum Gasteiger partial charge on any atom is 0.305 e. The van der Waals surface area contributed by atoms with Crippen molar-refractivity contribution in [1.82, 2.24) is 0 Å². The molecule has 4 saturated carbocycles. The van der Waals surface area contributed by atoms with Crippen molar-refractivity contribution in [2.24, 2.45) is 52.3 Å². The smallest absolute Gasteiger partial charge is 0.305 e. The Bertz CT molecular complexity index is 759. The van der Waals surface area contributed by atoms with Crippen molar-refractivity contribution in [3.8, 4) is 0 Å².